The van der Waals surface area contributed by atoms with Gasteiger partial charge in [-0.3, -0.25) is 0 Å². The van der Waals surface area contributed by atoms with Gasteiger partial charge in [0.1, 0.15) is 11.5 Å². The standard InChI is InChI=1S/C15H12ClNOS/c16-13-6-5-12(19-13)14(18)15(9-17)8-7-10-3-1-2-4-11(10)15/h1-6,14,18H,7-8H2. The quantitative estimate of drug-likeness (QED) is 0.913. The third kappa shape index (κ3) is 1.88. The lowest BCUT2D eigenvalue weighted by atomic mass is 9.77. The van der Waals surface area contributed by atoms with E-state index in [1.165, 1.54) is 11.3 Å². The van der Waals surface area contributed by atoms with Gasteiger partial charge in [-0.15, -0.1) is 11.3 Å². The molecule has 1 aliphatic carbocycles. The minimum atomic E-state index is -0.842. The summed E-state index contributed by atoms with van der Waals surface area (Å²) in [4.78, 5) is 0.753. The van der Waals surface area contributed by atoms with Gasteiger partial charge in [0.05, 0.1) is 10.4 Å². The van der Waals surface area contributed by atoms with Gasteiger partial charge in [-0.1, -0.05) is 35.9 Å². The van der Waals surface area contributed by atoms with Crippen LogP contribution in [0, 0.1) is 11.3 Å². The van der Waals surface area contributed by atoms with Gasteiger partial charge in [-0.2, -0.15) is 5.26 Å². The van der Waals surface area contributed by atoms with Crippen LogP contribution < -0.4 is 0 Å². The Morgan fingerprint density at radius 2 is 2.11 bits per heavy atom. The van der Waals surface area contributed by atoms with Gasteiger partial charge in [-0.25, -0.2) is 0 Å². The summed E-state index contributed by atoms with van der Waals surface area (Å²) in [5.41, 5.74) is 1.27. The number of fused-ring (bicyclic) bond motifs is 1. The van der Waals surface area contributed by atoms with Crippen LogP contribution in [0.15, 0.2) is 36.4 Å². The molecular weight excluding hydrogens is 278 g/mol. The highest BCUT2D eigenvalue weighted by Gasteiger charge is 2.46. The van der Waals surface area contributed by atoms with Crippen molar-refractivity contribution in [3.63, 3.8) is 0 Å². The molecule has 1 aliphatic rings. The molecule has 0 saturated heterocycles. The highest BCUT2D eigenvalue weighted by Crippen LogP contribution is 2.48. The van der Waals surface area contributed by atoms with E-state index in [1.807, 2.05) is 24.3 Å². The van der Waals surface area contributed by atoms with Gasteiger partial charge in [0.25, 0.3) is 0 Å². The van der Waals surface area contributed by atoms with Crippen LogP contribution in [0.5, 0.6) is 0 Å². The number of benzene rings is 1. The number of rotatable bonds is 2. The van der Waals surface area contributed by atoms with Crippen molar-refractivity contribution >= 4 is 22.9 Å². The Bertz CT molecular complexity index is 660. The predicted molar refractivity (Wildman–Crippen MR) is 76.3 cm³/mol. The Balaban J connectivity index is 2.09. The normalized spacial score (nSPS) is 22.8. The first kappa shape index (κ1) is 12.7. The lowest BCUT2D eigenvalue weighted by Gasteiger charge is -2.27. The van der Waals surface area contributed by atoms with Gasteiger partial charge < -0.3 is 5.11 Å². The maximum Gasteiger partial charge on any atom is 0.114 e. The largest absolute Gasteiger partial charge is 0.386 e. The Morgan fingerprint density at radius 1 is 1.32 bits per heavy atom. The highest BCUT2D eigenvalue weighted by molar-refractivity contribution is 7.16. The van der Waals surface area contributed by atoms with Gasteiger partial charge in [0.2, 0.25) is 0 Å². The number of aliphatic hydroxyl groups excluding tert-OH is 1. The van der Waals surface area contributed by atoms with Crippen LogP contribution in [0.2, 0.25) is 4.34 Å². The fourth-order valence-electron chi connectivity index (χ4n) is 2.82. The topological polar surface area (TPSA) is 44.0 Å². The minimum Gasteiger partial charge on any atom is -0.386 e. The van der Waals surface area contributed by atoms with Gasteiger partial charge >= 0.3 is 0 Å². The van der Waals surface area contributed by atoms with Crippen molar-refractivity contribution in [1.82, 2.24) is 0 Å². The SMILES string of the molecule is N#CC1(C(O)c2ccc(Cl)s2)CCc2ccccc21. The first-order valence-corrected chi connectivity index (χ1v) is 7.30. The van der Waals surface area contributed by atoms with Crippen molar-refractivity contribution in [2.45, 2.75) is 24.4 Å². The van der Waals surface area contributed by atoms with E-state index in [0.29, 0.717) is 10.8 Å². The van der Waals surface area contributed by atoms with E-state index < -0.39 is 11.5 Å². The molecule has 1 aromatic carbocycles. The summed E-state index contributed by atoms with van der Waals surface area (Å²) in [6, 6.07) is 13.8. The molecular formula is C15H12ClNOS. The van der Waals surface area contributed by atoms with E-state index in [4.69, 9.17) is 11.6 Å². The number of nitrogens with zero attached hydrogens (tertiary/aromatic N) is 1. The summed E-state index contributed by atoms with van der Waals surface area (Å²) in [5.74, 6) is 0. The number of aliphatic hydroxyl groups is 1. The molecule has 0 saturated carbocycles. The second kappa shape index (κ2) is 4.64. The molecule has 2 nitrogen and oxygen atoms in total. The van der Waals surface area contributed by atoms with E-state index in [1.54, 1.807) is 12.1 Å². The number of aryl methyl sites for hydroxylation is 1. The molecule has 3 rings (SSSR count). The molecule has 0 spiro atoms. The molecule has 19 heavy (non-hydrogen) atoms. The van der Waals surface area contributed by atoms with Crippen LogP contribution in [0.4, 0.5) is 0 Å². The predicted octanol–water partition coefficient (Wildman–Crippen LogP) is 3.84. The van der Waals surface area contributed by atoms with E-state index in [-0.39, 0.29) is 0 Å². The summed E-state index contributed by atoms with van der Waals surface area (Å²) in [6.45, 7) is 0. The molecule has 4 heteroatoms. The molecule has 0 radical (unpaired) electrons. The zero-order chi connectivity index (χ0) is 13.5. The third-order valence-electron chi connectivity index (χ3n) is 3.82. The first-order chi connectivity index (χ1) is 9.17. The molecule has 0 aliphatic heterocycles. The molecule has 0 bridgehead atoms. The summed E-state index contributed by atoms with van der Waals surface area (Å²) in [5, 5.41) is 20.3. The molecule has 2 aromatic rings. The van der Waals surface area contributed by atoms with E-state index in [2.05, 4.69) is 6.07 Å². The summed E-state index contributed by atoms with van der Waals surface area (Å²) < 4.78 is 0.633. The maximum atomic E-state index is 10.7. The van der Waals surface area contributed by atoms with E-state index in [9.17, 15) is 10.4 Å². The summed E-state index contributed by atoms with van der Waals surface area (Å²) >= 11 is 7.26. The monoisotopic (exact) mass is 289 g/mol. The number of hydrogen-bond donors (Lipinski definition) is 1. The van der Waals surface area contributed by atoms with Gasteiger partial charge in [0, 0.05) is 4.88 Å². The molecule has 2 unspecified atom stereocenters. The van der Waals surface area contributed by atoms with Gasteiger partial charge in [0.15, 0.2) is 0 Å². The molecule has 1 N–H and O–H groups in total. The van der Waals surface area contributed by atoms with E-state index >= 15 is 0 Å². The lowest BCUT2D eigenvalue weighted by molar-refractivity contribution is 0.114. The average molecular weight is 290 g/mol. The molecule has 2 atom stereocenters. The second-order valence-electron chi connectivity index (χ2n) is 4.78. The zero-order valence-corrected chi connectivity index (χ0v) is 11.7. The Kier molecular flexibility index (Phi) is 3.10. The molecule has 0 fully saturated rings. The Labute approximate surface area is 120 Å². The van der Waals surface area contributed by atoms with Gasteiger partial charge in [-0.05, 0) is 36.1 Å². The number of thiophene rings is 1. The zero-order valence-electron chi connectivity index (χ0n) is 10.1. The smallest absolute Gasteiger partial charge is 0.114 e. The van der Waals surface area contributed by atoms with Crippen molar-refractivity contribution in [2.75, 3.05) is 0 Å². The van der Waals surface area contributed by atoms with Crippen LogP contribution in [-0.4, -0.2) is 5.11 Å². The van der Waals surface area contributed by atoms with Crippen molar-refractivity contribution in [3.05, 3.63) is 56.7 Å². The number of halogens is 1. The average Bonchev–Trinajstić information content (AvgIpc) is 3.02. The van der Waals surface area contributed by atoms with Crippen LogP contribution in [0.25, 0.3) is 0 Å². The Morgan fingerprint density at radius 3 is 2.79 bits per heavy atom. The molecule has 1 aromatic heterocycles. The first-order valence-electron chi connectivity index (χ1n) is 6.10. The second-order valence-corrected chi connectivity index (χ2v) is 6.53. The lowest BCUT2D eigenvalue weighted by Crippen LogP contribution is -2.29. The fourth-order valence-corrected chi connectivity index (χ4v) is 3.96. The fraction of sp³-hybridized carbons (Fsp3) is 0.267. The van der Waals surface area contributed by atoms with Crippen molar-refractivity contribution in [1.29, 1.82) is 5.26 Å². The highest BCUT2D eigenvalue weighted by atomic mass is 35.5. The van der Waals surface area contributed by atoms with Crippen molar-refractivity contribution in [3.8, 4) is 6.07 Å². The van der Waals surface area contributed by atoms with Crippen LogP contribution in [0.1, 0.15) is 28.5 Å². The summed E-state index contributed by atoms with van der Waals surface area (Å²) in [7, 11) is 0. The number of nitriles is 1. The molecule has 96 valence electrons. The third-order valence-corrected chi connectivity index (χ3v) is 5.10. The van der Waals surface area contributed by atoms with E-state index in [0.717, 1.165) is 22.4 Å². The molecule has 1 heterocycles. The summed E-state index contributed by atoms with van der Waals surface area (Å²) in [6.07, 6.45) is 0.665. The Hall–Kier alpha value is -1.34. The van der Waals surface area contributed by atoms with Crippen LogP contribution in [-0.2, 0) is 11.8 Å². The number of hydrogen-bond acceptors (Lipinski definition) is 3. The van der Waals surface area contributed by atoms with Crippen molar-refractivity contribution in [2.24, 2.45) is 0 Å². The maximum absolute atomic E-state index is 10.7. The minimum absolute atomic E-state index is 0.633. The van der Waals surface area contributed by atoms with Crippen LogP contribution >= 0.6 is 22.9 Å². The van der Waals surface area contributed by atoms with Crippen LogP contribution in [0.3, 0.4) is 0 Å². The van der Waals surface area contributed by atoms with Crippen molar-refractivity contribution < 1.29 is 5.11 Å². The molecule has 0 amide bonds.